The summed E-state index contributed by atoms with van der Waals surface area (Å²) in [5, 5.41) is 7.33. The van der Waals surface area contributed by atoms with Crippen LogP contribution in [0.2, 0.25) is 0 Å². The summed E-state index contributed by atoms with van der Waals surface area (Å²) in [7, 11) is 1.78. The van der Waals surface area contributed by atoms with Gasteiger partial charge in [-0.2, -0.15) is 5.10 Å². The van der Waals surface area contributed by atoms with Gasteiger partial charge in [-0.15, -0.1) is 0 Å². The molecule has 1 amide bonds. The Hall–Kier alpha value is -3.74. The lowest BCUT2D eigenvalue weighted by atomic mass is 10.2. The van der Waals surface area contributed by atoms with Crippen molar-refractivity contribution in [2.24, 2.45) is 7.05 Å². The van der Waals surface area contributed by atoms with Gasteiger partial charge in [0.25, 0.3) is 11.5 Å². The van der Waals surface area contributed by atoms with Crippen molar-refractivity contribution in [2.75, 3.05) is 5.32 Å². The average molecular weight is 345 g/mol. The molecule has 0 saturated heterocycles. The number of nitrogens with one attached hydrogen (secondary N) is 1. The molecular formula is C19H15N5O2. The molecule has 7 heteroatoms. The molecule has 2 aromatic heterocycles. The van der Waals surface area contributed by atoms with Crippen LogP contribution in [0.1, 0.15) is 10.4 Å². The minimum absolute atomic E-state index is 0.150. The van der Waals surface area contributed by atoms with Crippen molar-refractivity contribution in [3.63, 3.8) is 0 Å². The number of nitrogens with zero attached hydrogens (tertiary/aromatic N) is 4. The van der Waals surface area contributed by atoms with E-state index in [2.05, 4.69) is 15.4 Å². The summed E-state index contributed by atoms with van der Waals surface area (Å²) in [6.45, 7) is 0. The molecule has 2 heterocycles. The first-order valence-electron chi connectivity index (χ1n) is 7.99. The Morgan fingerprint density at radius 2 is 1.85 bits per heavy atom. The highest BCUT2D eigenvalue weighted by molar-refractivity contribution is 6.04. The number of hydrogen-bond donors (Lipinski definition) is 1. The third-order valence-electron chi connectivity index (χ3n) is 4.04. The van der Waals surface area contributed by atoms with Crippen LogP contribution in [-0.4, -0.2) is 25.2 Å². The van der Waals surface area contributed by atoms with Gasteiger partial charge in [-0.05, 0) is 36.4 Å². The van der Waals surface area contributed by atoms with Gasteiger partial charge in [0.15, 0.2) is 0 Å². The molecule has 1 N–H and O–H groups in total. The lowest BCUT2D eigenvalue weighted by Gasteiger charge is -2.08. The van der Waals surface area contributed by atoms with E-state index in [0.29, 0.717) is 27.8 Å². The van der Waals surface area contributed by atoms with Gasteiger partial charge in [0.1, 0.15) is 6.33 Å². The third-order valence-corrected chi connectivity index (χ3v) is 4.04. The fourth-order valence-corrected chi connectivity index (χ4v) is 2.72. The molecule has 0 fully saturated rings. The van der Waals surface area contributed by atoms with Crippen molar-refractivity contribution in [1.29, 1.82) is 0 Å². The number of para-hydroxylation sites is 1. The fourth-order valence-electron chi connectivity index (χ4n) is 2.72. The van der Waals surface area contributed by atoms with Gasteiger partial charge in [-0.1, -0.05) is 12.1 Å². The van der Waals surface area contributed by atoms with Crippen LogP contribution in [0.5, 0.6) is 0 Å². The molecule has 2 aromatic carbocycles. The van der Waals surface area contributed by atoms with Crippen molar-refractivity contribution in [3.8, 4) is 5.69 Å². The molecule has 0 aliphatic rings. The van der Waals surface area contributed by atoms with Gasteiger partial charge in [0.05, 0.1) is 28.5 Å². The van der Waals surface area contributed by atoms with Gasteiger partial charge in [-0.25, -0.2) is 4.98 Å². The van der Waals surface area contributed by atoms with Crippen molar-refractivity contribution in [3.05, 3.63) is 83.2 Å². The number of amides is 1. The molecule has 0 atom stereocenters. The van der Waals surface area contributed by atoms with Gasteiger partial charge < -0.3 is 5.32 Å². The zero-order valence-corrected chi connectivity index (χ0v) is 14.0. The summed E-state index contributed by atoms with van der Waals surface area (Å²) in [5.74, 6) is -0.242. The Morgan fingerprint density at radius 3 is 2.58 bits per heavy atom. The first-order chi connectivity index (χ1) is 12.6. The van der Waals surface area contributed by atoms with Crippen LogP contribution in [0, 0.1) is 0 Å². The van der Waals surface area contributed by atoms with E-state index in [4.69, 9.17) is 0 Å². The van der Waals surface area contributed by atoms with Crippen LogP contribution in [0.4, 0.5) is 5.69 Å². The Kier molecular flexibility index (Phi) is 3.81. The maximum absolute atomic E-state index is 12.6. The lowest BCUT2D eigenvalue weighted by molar-refractivity contribution is 0.102. The van der Waals surface area contributed by atoms with Crippen LogP contribution in [0.25, 0.3) is 16.6 Å². The second-order valence-corrected chi connectivity index (χ2v) is 5.84. The summed E-state index contributed by atoms with van der Waals surface area (Å²) in [5.41, 5.74) is 2.26. The predicted octanol–water partition coefficient (Wildman–Crippen LogP) is 2.37. The standard InChI is InChI=1S/C19H15N5O2/c1-23-11-14(10-21-23)22-18(25)13-6-8-15(9-7-13)24-12-20-17-5-3-2-4-16(17)19(24)26/h2-12H,1H3,(H,22,25). The fraction of sp³-hybridized carbons (Fsp3) is 0.0526. The van der Waals surface area contributed by atoms with Gasteiger partial charge in [0, 0.05) is 18.8 Å². The molecule has 0 aliphatic heterocycles. The Balaban J connectivity index is 1.63. The predicted molar refractivity (Wildman–Crippen MR) is 98.5 cm³/mol. The normalized spacial score (nSPS) is 10.8. The van der Waals surface area contributed by atoms with E-state index in [1.807, 2.05) is 12.1 Å². The molecule has 0 radical (unpaired) electrons. The van der Waals surface area contributed by atoms with Crippen molar-refractivity contribution < 1.29 is 4.79 Å². The van der Waals surface area contributed by atoms with Gasteiger partial charge in [0.2, 0.25) is 0 Å². The third kappa shape index (κ3) is 2.86. The summed E-state index contributed by atoms with van der Waals surface area (Å²) < 4.78 is 3.07. The molecule has 4 rings (SSSR count). The van der Waals surface area contributed by atoms with Crippen LogP contribution in [0.3, 0.4) is 0 Å². The highest BCUT2D eigenvalue weighted by atomic mass is 16.1. The highest BCUT2D eigenvalue weighted by Gasteiger charge is 2.09. The summed E-state index contributed by atoms with van der Waals surface area (Å²) in [4.78, 5) is 29.2. The molecule has 0 bridgehead atoms. The van der Waals surface area contributed by atoms with E-state index in [0.717, 1.165) is 0 Å². The number of carbonyl (C=O) groups excluding carboxylic acids is 1. The molecule has 26 heavy (non-hydrogen) atoms. The molecule has 4 aromatic rings. The molecule has 0 spiro atoms. The SMILES string of the molecule is Cn1cc(NC(=O)c2ccc(-n3cnc4ccccc4c3=O)cc2)cn1. The Morgan fingerprint density at radius 1 is 1.08 bits per heavy atom. The molecule has 0 unspecified atom stereocenters. The van der Waals surface area contributed by atoms with E-state index in [-0.39, 0.29) is 11.5 Å². The van der Waals surface area contributed by atoms with E-state index < -0.39 is 0 Å². The van der Waals surface area contributed by atoms with Crippen LogP contribution in [-0.2, 0) is 7.05 Å². The maximum Gasteiger partial charge on any atom is 0.265 e. The summed E-state index contributed by atoms with van der Waals surface area (Å²) >= 11 is 0. The molecule has 7 nitrogen and oxygen atoms in total. The minimum atomic E-state index is -0.242. The summed E-state index contributed by atoms with van der Waals surface area (Å²) in [6, 6.07) is 14.0. The van der Waals surface area contributed by atoms with E-state index in [1.54, 1.807) is 60.5 Å². The minimum Gasteiger partial charge on any atom is -0.319 e. The first kappa shape index (κ1) is 15.8. The zero-order chi connectivity index (χ0) is 18.1. The monoisotopic (exact) mass is 345 g/mol. The van der Waals surface area contributed by atoms with Crippen molar-refractivity contribution in [1.82, 2.24) is 19.3 Å². The second kappa shape index (κ2) is 6.29. The molecule has 0 saturated carbocycles. The first-order valence-corrected chi connectivity index (χ1v) is 7.99. The van der Waals surface area contributed by atoms with E-state index in [1.165, 1.54) is 10.9 Å². The largest absolute Gasteiger partial charge is 0.319 e. The topological polar surface area (TPSA) is 81.8 Å². The van der Waals surface area contributed by atoms with Crippen LogP contribution in [0.15, 0.2) is 72.0 Å². The van der Waals surface area contributed by atoms with E-state index >= 15 is 0 Å². The van der Waals surface area contributed by atoms with Crippen LogP contribution < -0.4 is 10.9 Å². The van der Waals surface area contributed by atoms with Crippen molar-refractivity contribution >= 4 is 22.5 Å². The average Bonchev–Trinajstić information content (AvgIpc) is 3.07. The number of aryl methyl sites for hydroxylation is 1. The quantitative estimate of drug-likeness (QED) is 0.618. The molecule has 128 valence electrons. The molecule has 0 aliphatic carbocycles. The summed E-state index contributed by atoms with van der Waals surface area (Å²) in [6.07, 6.45) is 4.79. The number of hydrogen-bond acceptors (Lipinski definition) is 4. The number of benzene rings is 2. The highest BCUT2D eigenvalue weighted by Crippen LogP contribution is 2.12. The number of anilines is 1. The number of rotatable bonds is 3. The number of aromatic nitrogens is 4. The number of carbonyl (C=O) groups is 1. The number of fused-ring (bicyclic) bond motifs is 1. The van der Waals surface area contributed by atoms with Gasteiger partial charge in [-0.3, -0.25) is 18.8 Å². The zero-order valence-electron chi connectivity index (χ0n) is 14.0. The second-order valence-electron chi connectivity index (χ2n) is 5.84. The Bertz CT molecular complexity index is 1160. The van der Waals surface area contributed by atoms with Gasteiger partial charge >= 0.3 is 0 Å². The smallest absolute Gasteiger partial charge is 0.265 e. The molecular weight excluding hydrogens is 330 g/mol. The Labute approximate surface area is 148 Å². The van der Waals surface area contributed by atoms with E-state index in [9.17, 15) is 9.59 Å². The maximum atomic E-state index is 12.6. The lowest BCUT2D eigenvalue weighted by Crippen LogP contribution is -2.19. The van der Waals surface area contributed by atoms with Crippen molar-refractivity contribution in [2.45, 2.75) is 0 Å². The van der Waals surface area contributed by atoms with Crippen LogP contribution >= 0.6 is 0 Å².